The summed E-state index contributed by atoms with van der Waals surface area (Å²) in [7, 11) is 0. The van der Waals surface area contributed by atoms with Gasteiger partial charge in [-0.2, -0.15) is 4.98 Å². The van der Waals surface area contributed by atoms with Gasteiger partial charge < -0.3 is 10.5 Å². The van der Waals surface area contributed by atoms with Crippen molar-refractivity contribution in [1.29, 1.82) is 0 Å². The number of hydrogen-bond acceptors (Lipinski definition) is 5. The Bertz CT molecular complexity index is 715. The van der Waals surface area contributed by atoms with Crippen LogP contribution in [0.2, 0.25) is 0 Å². The van der Waals surface area contributed by atoms with Gasteiger partial charge in [-0.15, -0.1) is 0 Å². The second-order valence-electron chi connectivity index (χ2n) is 6.43. The zero-order chi connectivity index (χ0) is 15.7. The molecule has 0 aliphatic carbocycles. The number of ether oxygens (including phenoxy) is 1. The van der Waals surface area contributed by atoms with Crippen LogP contribution in [0.15, 0.2) is 29.3 Å². The summed E-state index contributed by atoms with van der Waals surface area (Å²) in [6.07, 6.45) is 2.47. The predicted molar refractivity (Wildman–Crippen MR) is 87.8 cm³/mol. The summed E-state index contributed by atoms with van der Waals surface area (Å²) in [6.45, 7) is 7.03. The number of benzene rings is 1. The zero-order valence-electron chi connectivity index (χ0n) is 13.1. The lowest BCUT2D eigenvalue weighted by molar-refractivity contribution is 0.295. The highest BCUT2D eigenvalue weighted by Gasteiger charge is 2.17. The predicted octanol–water partition coefficient (Wildman–Crippen LogP) is 3.19. The highest BCUT2D eigenvalue weighted by Crippen LogP contribution is 2.33. The van der Waals surface area contributed by atoms with Gasteiger partial charge in [0.25, 0.3) is 0 Å². The first-order valence-electron chi connectivity index (χ1n) is 7.34. The second-order valence-corrected chi connectivity index (χ2v) is 6.43. The van der Waals surface area contributed by atoms with Crippen LogP contribution in [0.25, 0.3) is 0 Å². The zero-order valence-corrected chi connectivity index (χ0v) is 13.1. The van der Waals surface area contributed by atoms with Gasteiger partial charge in [-0.3, -0.25) is 4.99 Å². The SMILES string of the molecule is CC(C)(C)c1ccc(COc2nc(N)nc3c2N=CC3)cc1. The van der Waals surface area contributed by atoms with Crippen molar-refractivity contribution in [2.24, 2.45) is 4.99 Å². The van der Waals surface area contributed by atoms with Crippen molar-refractivity contribution in [3.05, 3.63) is 41.1 Å². The van der Waals surface area contributed by atoms with Crippen LogP contribution in [-0.2, 0) is 18.4 Å². The van der Waals surface area contributed by atoms with Crippen LogP contribution >= 0.6 is 0 Å². The van der Waals surface area contributed by atoms with E-state index in [-0.39, 0.29) is 11.4 Å². The number of nitrogens with two attached hydrogens (primary N) is 1. The summed E-state index contributed by atoms with van der Waals surface area (Å²) in [4.78, 5) is 12.6. The van der Waals surface area contributed by atoms with Gasteiger partial charge >= 0.3 is 0 Å². The Balaban J connectivity index is 1.75. The second kappa shape index (κ2) is 5.40. The molecular weight excluding hydrogens is 276 g/mol. The lowest BCUT2D eigenvalue weighted by atomic mass is 9.87. The molecule has 1 aliphatic rings. The third kappa shape index (κ3) is 2.93. The number of aromatic nitrogens is 2. The monoisotopic (exact) mass is 296 g/mol. The number of fused-ring (bicyclic) bond motifs is 1. The van der Waals surface area contributed by atoms with E-state index in [1.54, 1.807) is 6.21 Å². The van der Waals surface area contributed by atoms with Crippen LogP contribution in [0.5, 0.6) is 5.88 Å². The molecule has 0 bridgehead atoms. The highest BCUT2D eigenvalue weighted by molar-refractivity contribution is 5.77. The van der Waals surface area contributed by atoms with Gasteiger partial charge in [0, 0.05) is 12.6 Å². The fraction of sp³-hybridized carbons (Fsp3) is 0.353. The molecule has 0 amide bonds. The van der Waals surface area contributed by atoms with Crippen molar-refractivity contribution in [2.75, 3.05) is 5.73 Å². The van der Waals surface area contributed by atoms with E-state index in [1.807, 2.05) is 0 Å². The van der Waals surface area contributed by atoms with Crippen LogP contribution in [0.3, 0.4) is 0 Å². The number of nitrogens with zero attached hydrogens (tertiary/aromatic N) is 3. The summed E-state index contributed by atoms with van der Waals surface area (Å²) < 4.78 is 5.80. The summed E-state index contributed by atoms with van der Waals surface area (Å²) in [5, 5.41) is 0. The van der Waals surface area contributed by atoms with Crippen molar-refractivity contribution in [3.63, 3.8) is 0 Å². The van der Waals surface area contributed by atoms with Crippen LogP contribution < -0.4 is 10.5 Å². The van der Waals surface area contributed by atoms with E-state index in [1.165, 1.54) is 5.56 Å². The molecule has 0 unspecified atom stereocenters. The van der Waals surface area contributed by atoms with Gasteiger partial charge in [-0.1, -0.05) is 45.0 Å². The molecule has 1 aliphatic heterocycles. The largest absolute Gasteiger partial charge is 0.471 e. The highest BCUT2D eigenvalue weighted by atomic mass is 16.5. The fourth-order valence-electron chi connectivity index (χ4n) is 2.35. The van der Waals surface area contributed by atoms with Crippen molar-refractivity contribution in [2.45, 2.75) is 39.2 Å². The first-order valence-corrected chi connectivity index (χ1v) is 7.34. The van der Waals surface area contributed by atoms with E-state index in [2.05, 4.69) is 60.0 Å². The van der Waals surface area contributed by atoms with E-state index in [4.69, 9.17) is 10.5 Å². The molecule has 0 radical (unpaired) electrons. The van der Waals surface area contributed by atoms with Gasteiger partial charge in [0.05, 0.1) is 5.69 Å². The molecule has 0 fully saturated rings. The molecule has 5 heteroatoms. The van der Waals surface area contributed by atoms with Crippen LogP contribution in [0, 0.1) is 0 Å². The lowest BCUT2D eigenvalue weighted by Gasteiger charge is -2.19. The molecule has 0 spiro atoms. The Morgan fingerprint density at radius 1 is 1.14 bits per heavy atom. The Hall–Kier alpha value is -2.43. The average molecular weight is 296 g/mol. The summed E-state index contributed by atoms with van der Waals surface area (Å²) in [5.74, 6) is 0.679. The van der Waals surface area contributed by atoms with Crippen LogP contribution in [0.1, 0.15) is 37.6 Å². The molecule has 2 aromatic rings. The molecule has 3 rings (SSSR count). The number of rotatable bonds is 3. The van der Waals surface area contributed by atoms with Crippen molar-refractivity contribution >= 4 is 17.9 Å². The first kappa shape index (κ1) is 14.5. The van der Waals surface area contributed by atoms with Crippen LogP contribution in [0.4, 0.5) is 11.6 Å². The van der Waals surface area contributed by atoms with Gasteiger partial charge in [-0.25, -0.2) is 4.98 Å². The summed E-state index contributed by atoms with van der Waals surface area (Å²) in [6, 6.07) is 8.43. The maximum atomic E-state index is 5.80. The van der Waals surface area contributed by atoms with Crippen molar-refractivity contribution < 1.29 is 4.74 Å². The van der Waals surface area contributed by atoms with E-state index in [0.29, 0.717) is 24.6 Å². The Kier molecular flexibility index (Phi) is 3.56. The maximum absolute atomic E-state index is 5.80. The third-order valence-electron chi connectivity index (χ3n) is 3.64. The van der Waals surface area contributed by atoms with Crippen molar-refractivity contribution in [3.8, 4) is 5.88 Å². The number of nitrogen functional groups attached to an aromatic ring is 1. The first-order chi connectivity index (χ1) is 10.4. The molecule has 22 heavy (non-hydrogen) atoms. The minimum absolute atomic E-state index is 0.149. The molecule has 5 nitrogen and oxygen atoms in total. The molecule has 0 saturated carbocycles. The lowest BCUT2D eigenvalue weighted by Crippen LogP contribution is -2.11. The number of anilines is 1. The van der Waals surface area contributed by atoms with Gasteiger partial charge in [0.2, 0.25) is 11.8 Å². The van der Waals surface area contributed by atoms with E-state index < -0.39 is 0 Å². The molecule has 2 N–H and O–H groups in total. The number of hydrogen-bond donors (Lipinski definition) is 1. The maximum Gasteiger partial charge on any atom is 0.245 e. The Labute approximate surface area is 130 Å². The molecule has 0 atom stereocenters. The normalized spacial score (nSPS) is 13.2. The quantitative estimate of drug-likeness (QED) is 0.944. The smallest absolute Gasteiger partial charge is 0.245 e. The molecule has 114 valence electrons. The summed E-state index contributed by atoms with van der Waals surface area (Å²) >= 11 is 0. The molecule has 0 saturated heterocycles. The molecule has 2 heterocycles. The fourth-order valence-corrected chi connectivity index (χ4v) is 2.35. The topological polar surface area (TPSA) is 73.4 Å². The minimum Gasteiger partial charge on any atom is -0.471 e. The van der Waals surface area contributed by atoms with E-state index in [9.17, 15) is 0 Å². The third-order valence-corrected chi connectivity index (χ3v) is 3.64. The van der Waals surface area contributed by atoms with E-state index in [0.717, 1.165) is 11.3 Å². The molecule has 1 aromatic carbocycles. The van der Waals surface area contributed by atoms with Crippen LogP contribution in [-0.4, -0.2) is 16.2 Å². The van der Waals surface area contributed by atoms with Gasteiger partial charge in [-0.05, 0) is 16.5 Å². The van der Waals surface area contributed by atoms with Gasteiger partial charge in [0.1, 0.15) is 12.3 Å². The van der Waals surface area contributed by atoms with Gasteiger partial charge in [0.15, 0.2) is 0 Å². The number of aliphatic imine (C=N–C) groups is 1. The van der Waals surface area contributed by atoms with Crippen molar-refractivity contribution in [1.82, 2.24) is 9.97 Å². The van der Waals surface area contributed by atoms with E-state index >= 15 is 0 Å². The Morgan fingerprint density at radius 3 is 2.55 bits per heavy atom. The molecule has 1 aromatic heterocycles. The summed E-state index contributed by atoms with van der Waals surface area (Å²) in [5.41, 5.74) is 9.76. The standard InChI is InChI=1S/C17H20N4O/c1-17(2,3)12-6-4-11(5-7-12)10-22-15-14-13(8-9-19-14)20-16(18)21-15/h4-7,9H,8,10H2,1-3H3,(H2,18,20,21). The minimum atomic E-state index is 0.149. The Morgan fingerprint density at radius 2 is 1.86 bits per heavy atom. The molecular formula is C17H20N4O. The average Bonchev–Trinajstić information content (AvgIpc) is 2.92.